The molecule has 84 valence electrons. The van der Waals surface area contributed by atoms with Crippen molar-refractivity contribution < 1.29 is 0 Å². The minimum absolute atomic E-state index is 0.598. The van der Waals surface area contributed by atoms with Crippen molar-refractivity contribution in [3.8, 4) is 0 Å². The summed E-state index contributed by atoms with van der Waals surface area (Å²) in [5.74, 6) is 1.28. The summed E-state index contributed by atoms with van der Waals surface area (Å²) in [7, 11) is 0. The number of thioether (sulfide) groups is 1. The number of hydrogen-bond donors (Lipinski definition) is 0. The summed E-state index contributed by atoms with van der Waals surface area (Å²) in [6, 6.07) is 4.08. The Balaban J connectivity index is 2.01. The van der Waals surface area contributed by atoms with E-state index in [4.69, 9.17) is 4.98 Å². The van der Waals surface area contributed by atoms with Crippen molar-refractivity contribution in [2.75, 3.05) is 5.75 Å². The summed E-state index contributed by atoms with van der Waals surface area (Å²) in [6.45, 7) is 0. The van der Waals surface area contributed by atoms with Gasteiger partial charge in [-0.1, -0.05) is 6.42 Å². The fourth-order valence-electron chi connectivity index (χ4n) is 2.13. The van der Waals surface area contributed by atoms with Crippen molar-refractivity contribution in [1.82, 2.24) is 9.38 Å². The van der Waals surface area contributed by atoms with E-state index in [0.717, 1.165) is 10.1 Å². The first-order valence-electron chi connectivity index (χ1n) is 5.59. The zero-order valence-electron chi connectivity index (χ0n) is 8.90. The van der Waals surface area contributed by atoms with Crippen molar-refractivity contribution in [3.63, 3.8) is 0 Å². The number of imidazole rings is 1. The summed E-state index contributed by atoms with van der Waals surface area (Å²) in [4.78, 5) is 4.73. The third-order valence-electron chi connectivity index (χ3n) is 2.96. The van der Waals surface area contributed by atoms with Gasteiger partial charge in [0.2, 0.25) is 0 Å². The molecule has 16 heavy (non-hydrogen) atoms. The lowest BCUT2D eigenvalue weighted by Crippen LogP contribution is -2.02. The van der Waals surface area contributed by atoms with Crippen LogP contribution in [0, 0.1) is 0 Å². The molecule has 1 aliphatic heterocycles. The van der Waals surface area contributed by atoms with Crippen molar-refractivity contribution in [3.05, 3.63) is 34.7 Å². The van der Waals surface area contributed by atoms with Gasteiger partial charge in [-0.2, -0.15) is 11.8 Å². The lowest BCUT2D eigenvalue weighted by Gasteiger charge is -2.18. The highest BCUT2D eigenvalue weighted by molar-refractivity contribution is 9.10. The number of nitrogens with zero attached hydrogens (tertiary/aromatic N) is 2. The van der Waals surface area contributed by atoms with Crippen LogP contribution in [0.4, 0.5) is 0 Å². The number of rotatable bonds is 1. The number of pyridine rings is 1. The van der Waals surface area contributed by atoms with Gasteiger partial charge in [0.25, 0.3) is 0 Å². The van der Waals surface area contributed by atoms with Crippen LogP contribution in [0.5, 0.6) is 0 Å². The van der Waals surface area contributed by atoms with Gasteiger partial charge in [-0.25, -0.2) is 4.98 Å². The lowest BCUT2D eigenvalue weighted by atomic mass is 10.1. The molecule has 0 aromatic carbocycles. The molecule has 1 unspecified atom stereocenters. The first-order chi connectivity index (χ1) is 7.84. The Morgan fingerprint density at radius 3 is 3.12 bits per heavy atom. The largest absolute Gasteiger partial charge is 0.306 e. The fraction of sp³-hybridized carbons (Fsp3) is 0.417. The van der Waals surface area contributed by atoms with E-state index in [1.807, 2.05) is 23.9 Å². The first kappa shape index (κ1) is 10.7. The number of aromatic nitrogens is 2. The second-order valence-corrected chi connectivity index (χ2v) is 6.27. The minimum atomic E-state index is 0.598. The molecule has 0 aliphatic carbocycles. The number of fused-ring (bicyclic) bond motifs is 1. The van der Waals surface area contributed by atoms with E-state index in [9.17, 15) is 0 Å². The summed E-state index contributed by atoms with van der Waals surface area (Å²) >= 11 is 5.59. The molecule has 2 aromatic heterocycles. The van der Waals surface area contributed by atoms with E-state index < -0.39 is 0 Å². The molecule has 0 saturated carbocycles. The SMILES string of the molecule is Brc1cccn2cc(C3CCCCS3)nc12. The lowest BCUT2D eigenvalue weighted by molar-refractivity contribution is 0.678. The monoisotopic (exact) mass is 296 g/mol. The maximum atomic E-state index is 4.73. The molecule has 3 heterocycles. The molecule has 0 bridgehead atoms. The zero-order valence-corrected chi connectivity index (χ0v) is 11.3. The summed E-state index contributed by atoms with van der Waals surface area (Å²) in [6.07, 6.45) is 8.20. The molecule has 0 spiro atoms. The van der Waals surface area contributed by atoms with Crippen LogP contribution < -0.4 is 0 Å². The standard InChI is InChI=1S/C12H13BrN2S/c13-9-4-3-6-15-8-10(14-12(9)15)11-5-1-2-7-16-11/h3-4,6,8,11H,1-2,5,7H2. The van der Waals surface area contributed by atoms with Gasteiger partial charge in [-0.15, -0.1) is 0 Å². The predicted molar refractivity (Wildman–Crippen MR) is 71.9 cm³/mol. The molecule has 4 heteroatoms. The van der Waals surface area contributed by atoms with E-state index in [-0.39, 0.29) is 0 Å². The van der Waals surface area contributed by atoms with E-state index in [0.29, 0.717) is 5.25 Å². The van der Waals surface area contributed by atoms with Crippen LogP contribution >= 0.6 is 27.7 Å². The van der Waals surface area contributed by atoms with Crippen molar-refractivity contribution >= 4 is 33.3 Å². The van der Waals surface area contributed by atoms with Gasteiger partial charge in [0.15, 0.2) is 5.65 Å². The molecule has 2 aromatic rings. The third kappa shape index (κ3) is 1.89. The summed E-state index contributed by atoms with van der Waals surface area (Å²) in [5, 5.41) is 0.598. The quantitative estimate of drug-likeness (QED) is 0.790. The van der Waals surface area contributed by atoms with Gasteiger partial charge in [0, 0.05) is 17.6 Å². The van der Waals surface area contributed by atoms with Crippen LogP contribution in [-0.4, -0.2) is 15.1 Å². The van der Waals surface area contributed by atoms with Crippen LogP contribution in [0.15, 0.2) is 29.0 Å². The van der Waals surface area contributed by atoms with Gasteiger partial charge in [0.05, 0.1) is 10.2 Å². The van der Waals surface area contributed by atoms with Gasteiger partial charge in [-0.3, -0.25) is 0 Å². The Kier molecular flexibility index (Phi) is 2.94. The molecule has 1 atom stereocenters. The van der Waals surface area contributed by atoms with Crippen LogP contribution in [0.25, 0.3) is 5.65 Å². The van der Waals surface area contributed by atoms with E-state index in [2.05, 4.69) is 32.7 Å². The molecule has 0 amide bonds. The van der Waals surface area contributed by atoms with Crippen LogP contribution in [0.1, 0.15) is 30.2 Å². The Morgan fingerprint density at radius 1 is 1.44 bits per heavy atom. The smallest absolute Gasteiger partial charge is 0.151 e. The third-order valence-corrected chi connectivity index (χ3v) is 4.99. The summed E-state index contributed by atoms with van der Waals surface area (Å²) < 4.78 is 3.18. The Morgan fingerprint density at radius 2 is 2.38 bits per heavy atom. The average Bonchev–Trinajstić information content (AvgIpc) is 2.76. The second kappa shape index (κ2) is 4.41. The molecule has 1 aliphatic rings. The van der Waals surface area contributed by atoms with Crippen molar-refractivity contribution in [2.45, 2.75) is 24.5 Å². The highest BCUT2D eigenvalue weighted by Crippen LogP contribution is 2.38. The topological polar surface area (TPSA) is 17.3 Å². The Hall–Kier alpha value is -0.480. The molecular weight excluding hydrogens is 284 g/mol. The van der Waals surface area contributed by atoms with Gasteiger partial charge >= 0.3 is 0 Å². The molecule has 3 rings (SSSR count). The molecular formula is C12H13BrN2S. The van der Waals surface area contributed by atoms with Crippen molar-refractivity contribution in [1.29, 1.82) is 0 Å². The van der Waals surface area contributed by atoms with Crippen LogP contribution in [-0.2, 0) is 0 Å². The van der Waals surface area contributed by atoms with Crippen LogP contribution in [0.2, 0.25) is 0 Å². The van der Waals surface area contributed by atoms with Gasteiger partial charge < -0.3 is 4.40 Å². The highest BCUT2D eigenvalue weighted by atomic mass is 79.9. The number of hydrogen-bond acceptors (Lipinski definition) is 2. The van der Waals surface area contributed by atoms with Crippen molar-refractivity contribution in [2.24, 2.45) is 0 Å². The summed E-state index contributed by atoms with van der Waals surface area (Å²) in [5.41, 5.74) is 2.26. The van der Waals surface area contributed by atoms with Crippen LogP contribution in [0.3, 0.4) is 0 Å². The Bertz CT molecular complexity index is 503. The molecule has 2 nitrogen and oxygen atoms in total. The maximum absolute atomic E-state index is 4.73. The highest BCUT2D eigenvalue weighted by Gasteiger charge is 2.19. The van der Waals surface area contributed by atoms with Gasteiger partial charge in [0.1, 0.15) is 0 Å². The molecule has 0 N–H and O–H groups in total. The Labute approximate surface area is 108 Å². The molecule has 1 saturated heterocycles. The zero-order chi connectivity index (χ0) is 11.0. The average molecular weight is 297 g/mol. The van der Waals surface area contributed by atoms with E-state index in [1.54, 1.807) is 0 Å². The molecule has 1 fully saturated rings. The normalized spacial score (nSPS) is 21.4. The van der Waals surface area contributed by atoms with E-state index in [1.165, 1.54) is 30.7 Å². The minimum Gasteiger partial charge on any atom is -0.306 e. The second-order valence-electron chi connectivity index (χ2n) is 4.11. The maximum Gasteiger partial charge on any atom is 0.151 e. The molecule has 0 radical (unpaired) electrons. The first-order valence-corrected chi connectivity index (χ1v) is 7.43. The number of halogens is 1. The van der Waals surface area contributed by atoms with Gasteiger partial charge in [-0.05, 0) is 46.7 Å². The van der Waals surface area contributed by atoms with E-state index >= 15 is 0 Å². The predicted octanol–water partition coefficient (Wildman–Crippen LogP) is 4.06. The fourth-order valence-corrected chi connectivity index (χ4v) is 3.85.